The number of piperidine rings is 1. The van der Waals surface area contributed by atoms with Gasteiger partial charge in [0.15, 0.2) is 0 Å². The second-order valence-corrected chi connectivity index (χ2v) is 8.74. The Morgan fingerprint density at radius 3 is 2.97 bits per heavy atom. The molecule has 4 aromatic rings. The summed E-state index contributed by atoms with van der Waals surface area (Å²) in [7, 11) is 0. The van der Waals surface area contributed by atoms with E-state index in [2.05, 4.69) is 42.3 Å². The van der Waals surface area contributed by atoms with E-state index in [4.69, 9.17) is 11.6 Å². The first kappa shape index (κ1) is 21.6. The highest BCUT2D eigenvalue weighted by Crippen LogP contribution is 2.31. The molecule has 1 saturated heterocycles. The average Bonchev–Trinajstić information content (AvgIpc) is 3.27. The molecular formula is C25H25ClN6O. The zero-order chi connectivity index (χ0) is 22.6. The van der Waals surface area contributed by atoms with Crippen molar-refractivity contribution in [3.05, 3.63) is 71.9 Å². The van der Waals surface area contributed by atoms with Crippen molar-refractivity contribution in [1.82, 2.24) is 24.8 Å². The van der Waals surface area contributed by atoms with E-state index in [1.165, 1.54) is 5.56 Å². The van der Waals surface area contributed by atoms with Crippen LogP contribution in [0.25, 0.3) is 22.2 Å². The molecule has 5 rings (SSSR count). The average molecular weight is 461 g/mol. The van der Waals surface area contributed by atoms with Gasteiger partial charge >= 0.3 is 0 Å². The molecule has 1 aliphatic heterocycles. The molecule has 168 valence electrons. The van der Waals surface area contributed by atoms with Crippen molar-refractivity contribution in [3.63, 3.8) is 0 Å². The Morgan fingerprint density at radius 2 is 2.15 bits per heavy atom. The molecule has 8 heteroatoms. The highest BCUT2D eigenvalue weighted by Gasteiger charge is 2.21. The summed E-state index contributed by atoms with van der Waals surface area (Å²) >= 11 is 6.51. The number of pyridine rings is 2. The number of hydrogen-bond acceptors (Lipinski definition) is 5. The van der Waals surface area contributed by atoms with Crippen LogP contribution in [0.15, 0.2) is 61.3 Å². The number of hydrogen-bond donors (Lipinski definition) is 2. The molecule has 1 atom stereocenters. The van der Waals surface area contributed by atoms with Gasteiger partial charge < -0.3 is 15.2 Å². The van der Waals surface area contributed by atoms with Gasteiger partial charge in [-0.3, -0.25) is 9.78 Å². The van der Waals surface area contributed by atoms with Crippen LogP contribution in [0.2, 0.25) is 5.02 Å². The normalized spacial score (nSPS) is 16.1. The third-order valence-corrected chi connectivity index (χ3v) is 6.37. The molecule has 2 N–H and O–H groups in total. The molecule has 0 aliphatic carbocycles. The van der Waals surface area contributed by atoms with Gasteiger partial charge in [0.2, 0.25) is 5.91 Å². The molecule has 0 saturated carbocycles. The van der Waals surface area contributed by atoms with Crippen molar-refractivity contribution < 1.29 is 4.79 Å². The Morgan fingerprint density at radius 1 is 1.21 bits per heavy atom. The van der Waals surface area contributed by atoms with Gasteiger partial charge in [-0.2, -0.15) is 0 Å². The van der Waals surface area contributed by atoms with Gasteiger partial charge in [-0.15, -0.1) is 0 Å². The molecule has 33 heavy (non-hydrogen) atoms. The number of nitrogens with one attached hydrogen (secondary N) is 2. The molecule has 0 radical (unpaired) electrons. The lowest BCUT2D eigenvalue weighted by molar-refractivity contribution is -0.120. The van der Waals surface area contributed by atoms with Crippen LogP contribution in [0, 0.1) is 5.92 Å². The fraction of sp³-hybridized carbons (Fsp3) is 0.280. The number of carbonyl (C=O) groups excluding carboxylic acids is 1. The smallest absolute Gasteiger partial charge is 0.229 e. The topological polar surface area (TPSA) is 84.7 Å². The minimum atomic E-state index is -0.0369. The Balaban J connectivity index is 1.39. The van der Waals surface area contributed by atoms with Gasteiger partial charge in [0.1, 0.15) is 5.82 Å². The molecule has 3 aromatic heterocycles. The number of amides is 1. The van der Waals surface area contributed by atoms with Crippen LogP contribution in [0.3, 0.4) is 0 Å². The number of nitrogens with zero attached hydrogens (tertiary/aromatic N) is 4. The number of rotatable bonds is 6. The largest absolute Gasteiger partial charge is 0.330 e. The molecule has 0 bridgehead atoms. The van der Waals surface area contributed by atoms with Crippen LogP contribution in [0.1, 0.15) is 18.4 Å². The molecule has 0 spiro atoms. The Hall–Kier alpha value is -3.29. The van der Waals surface area contributed by atoms with Gasteiger partial charge in [0.05, 0.1) is 28.3 Å². The summed E-state index contributed by atoms with van der Waals surface area (Å²) in [6.45, 7) is 2.47. The summed E-state index contributed by atoms with van der Waals surface area (Å²) in [5.41, 5.74) is 4.91. The Kier molecular flexibility index (Phi) is 6.32. The molecule has 1 fully saturated rings. The van der Waals surface area contributed by atoms with Crippen molar-refractivity contribution in [1.29, 1.82) is 0 Å². The number of aryl methyl sites for hydroxylation is 2. The number of anilines is 1. The maximum atomic E-state index is 12.6. The third-order valence-electron chi connectivity index (χ3n) is 6.07. The van der Waals surface area contributed by atoms with E-state index in [9.17, 15) is 4.79 Å². The summed E-state index contributed by atoms with van der Waals surface area (Å²) in [5.74, 6) is 0.465. The van der Waals surface area contributed by atoms with Crippen molar-refractivity contribution in [2.75, 3.05) is 18.4 Å². The highest BCUT2D eigenvalue weighted by atomic mass is 35.5. The zero-order valence-electron chi connectivity index (χ0n) is 18.2. The van der Waals surface area contributed by atoms with Gasteiger partial charge in [0, 0.05) is 37.2 Å². The van der Waals surface area contributed by atoms with E-state index in [1.54, 1.807) is 12.4 Å². The minimum Gasteiger partial charge on any atom is -0.330 e. The third kappa shape index (κ3) is 4.89. The number of fused-ring (bicyclic) bond motifs is 1. The van der Waals surface area contributed by atoms with Crippen LogP contribution in [0.5, 0.6) is 0 Å². The Labute approximate surface area is 197 Å². The van der Waals surface area contributed by atoms with E-state index in [0.717, 1.165) is 54.5 Å². The first-order chi connectivity index (χ1) is 16.2. The summed E-state index contributed by atoms with van der Waals surface area (Å²) in [6.07, 6.45) is 9.89. The van der Waals surface area contributed by atoms with Crippen molar-refractivity contribution in [2.24, 2.45) is 5.92 Å². The Bertz CT molecular complexity index is 1270. The maximum absolute atomic E-state index is 12.6. The zero-order valence-corrected chi connectivity index (χ0v) is 18.9. The standard InChI is InChI=1S/C25H25ClN6O/c26-21-15-29-24(31-25(33)19-4-2-9-28-14-19)12-20(21)18-5-6-22-23(11-18)32(16-30-22)10-7-17-3-1-8-27-13-17/h1,3,5-6,8,11-13,15-16,19,28H,2,4,7,9-10,14H2,(H,29,31,33). The molecular weight excluding hydrogens is 436 g/mol. The predicted octanol–water partition coefficient (Wildman–Crippen LogP) is 4.33. The summed E-state index contributed by atoms with van der Waals surface area (Å²) in [6, 6.07) is 11.9. The summed E-state index contributed by atoms with van der Waals surface area (Å²) < 4.78 is 2.14. The fourth-order valence-electron chi connectivity index (χ4n) is 4.23. The van der Waals surface area contributed by atoms with E-state index in [1.807, 2.05) is 36.8 Å². The molecule has 7 nitrogen and oxygen atoms in total. The predicted molar refractivity (Wildman–Crippen MR) is 130 cm³/mol. The number of aromatic nitrogens is 4. The lowest BCUT2D eigenvalue weighted by atomic mass is 9.99. The van der Waals surface area contributed by atoms with Crippen molar-refractivity contribution in [2.45, 2.75) is 25.8 Å². The lowest BCUT2D eigenvalue weighted by Gasteiger charge is -2.21. The summed E-state index contributed by atoms with van der Waals surface area (Å²) in [4.78, 5) is 25.7. The van der Waals surface area contributed by atoms with E-state index in [0.29, 0.717) is 17.4 Å². The van der Waals surface area contributed by atoms with Crippen LogP contribution < -0.4 is 10.6 Å². The maximum Gasteiger partial charge on any atom is 0.229 e. The number of imidazole rings is 1. The monoisotopic (exact) mass is 460 g/mol. The molecule has 1 unspecified atom stereocenters. The highest BCUT2D eigenvalue weighted by molar-refractivity contribution is 6.33. The fourth-order valence-corrected chi connectivity index (χ4v) is 4.44. The van der Waals surface area contributed by atoms with Crippen molar-refractivity contribution in [3.8, 4) is 11.1 Å². The van der Waals surface area contributed by atoms with Gasteiger partial charge in [-0.25, -0.2) is 9.97 Å². The summed E-state index contributed by atoms with van der Waals surface area (Å²) in [5, 5.41) is 6.77. The van der Waals surface area contributed by atoms with Crippen LogP contribution in [0.4, 0.5) is 5.82 Å². The van der Waals surface area contributed by atoms with E-state index >= 15 is 0 Å². The van der Waals surface area contributed by atoms with Crippen LogP contribution >= 0.6 is 11.6 Å². The molecule has 1 aromatic carbocycles. The van der Waals surface area contributed by atoms with Crippen molar-refractivity contribution >= 4 is 34.4 Å². The van der Waals surface area contributed by atoms with Gasteiger partial charge in [0.25, 0.3) is 0 Å². The quantitative estimate of drug-likeness (QED) is 0.447. The van der Waals surface area contributed by atoms with Gasteiger partial charge in [-0.05, 0) is 61.2 Å². The number of halogens is 1. The van der Waals surface area contributed by atoms with E-state index < -0.39 is 0 Å². The SMILES string of the molecule is O=C(Nc1cc(-c2ccc3ncn(CCc4cccnc4)c3c2)c(Cl)cn1)C1CCCNC1. The molecule has 4 heterocycles. The minimum absolute atomic E-state index is 0.00750. The van der Waals surface area contributed by atoms with Crippen LogP contribution in [-0.4, -0.2) is 38.5 Å². The first-order valence-electron chi connectivity index (χ1n) is 11.2. The number of carbonyl (C=O) groups is 1. The first-order valence-corrected chi connectivity index (χ1v) is 11.6. The lowest BCUT2D eigenvalue weighted by Crippen LogP contribution is -2.37. The second-order valence-electron chi connectivity index (χ2n) is 8.33. The second kappa shape index (κ2) is 9.68. The number of benzene rings is 1. The van der Waals surface area contributed by atoms with E-state index in [-0.39, 0.29) is 11.8 Å². The molecule has 1 aliphatic rings. The molecule has 1 amide bonds. The van der Waals surface area contributed by atoms with Crippen LogP contribution in [-0.2, 0) is 17.8 Å². The van der Waals surface area contributed by atoms with Gasteiger partial charge in [-0.1, -0.05) is 23.7 Å².